The summed E-state index contributed by atoms with van der Waals surface area (Å²) in [5.41, 5.74) is 0.167. The lowest BCUT2D eigenvalue weighted by molar-refractivity contribution is 0.109. The SMILES string of the molecule is CC1(O)CC12CCC1CC12. The van der Waals surface area contributed by atoms with Crippen LogP contribution in [0.25, 0.3) is 0 Å². The number of hydrogen-bond donors (Lipinski definition) is 1. The van der Waals surface area contributed by atoms with Crippen molar-refractivity contribution >= 4 is 0 Å². The molecule has 3 aliphatic carbocycles. The third kappa shape index (κ3) is 0.402. The molecular formula is C9H14O. The van der Waals surface area contributed by atoms with Crippen LogP contribution >= 0.6 is 0 Å². The summed E-state index contributed by atoms with van der Waals surface area (Å²) in [5.74, 6) is 1.96. The van der Waals surface area contributed by atoms with Gasteiger partial charge in [-0.05, 0) is 44.4 Å². The third-order valence-electron chi connectivity index (χ3n) is 4.20. The van der Waals surface area contributed by atoms with Crippen molar-refractivity contribution in [2.24, 2.45) is 17.3 Å². The average Bonchev–Trinajstić information content (AvgIpc) is 2.64. The molecule has 3 fully saturated rings. The first-order chi connectivity index (χ1) is 4.66. The Balaban J connectivity index is 1.95. The third-order valence-corrected chi connectivity index (χ3v) is 4.20. The number of fused-ring (bicyclic) bond motifs is 2. The van der Waals surface area contributed by atoms with Crippen LogP contribution in [-0.4, -0.2) is 10.7 Å². The molecule has 1 heteroatoms. The van der Waals surface area contributed by atoms with E-state index in [0.717, 1.165) is 18.3 Å². The molecule has 0 aromatic carbocycles. The summed E-state index contributed by atoms with van der Waals surface area (Å²) in [7, 11) is 0. The van der Waals surface area contributed by atoms with Gasteiger partial charge in [0.05, 0.1) is 5.60 Å². The zero-order chi connectivity index (χ0) is 6.98. The number of rotatable bonds is 0. The van der Waals surface area contributed by atoms with Gasteiger partial charge in [-0.1, -0.05) is 0 Å². The Kier molecular flexibility index (Phi) is 0.658. The Labute approximate surface area is 61.4 Å². The van der Waals surface area contributed by atoms with Crippen LogP contribution in [0.3, 0.4) is 0 Å². The van der Waals surface area contributed by atoms with Crippen LogP contribution in [0.15, 0.2) is 0 Å². The fourth-order valence-corrected chi connectivity index (χ4v) is 3.33. The molecule has 1 N–H and O–H groups in total. The van der Waals surface area contributed by atoms with Crippen molar-refractivity contribution in [1.82, 2.24) is 0 Å². The molecule has 1 nitrogen and oxygen atoms in total. The summed E-state index contributed by atoms with van der Waals surface area (Å²) in [6.07, 6.45) is 5.24. The molecule has 0 saturated heterocycles. The predicted molar refractivity (Wildman–Crippen MR) is 38.5 cm³/mol. The molecule has 1 spiro atoms. The molecule has 3 saturated carbocycles. The standard InChI is InChI=1S/C9H14O/c1-8(10)5-9(8)3-2-6-4-7(6)9/h6-7,10H,2-5H2,1H3. The molecule has 56 valence electrons. The van der Waals surface area contributed by atoms with E-state index >= 15 is 0 Å². The minimum Gasteiger partial charge on any atom is -0.390 e. The van der Waals surface area contributed by atoms with Gasteiger partial charge in [0.2, 0.25) is 0 Å². The van der Waals surface area contributed by atoms with E-state index in [4.69, 9.17) is 0 Å². The van der Waals surface area contributed by atoms with Gasteiger partial charge in [0, 0.05) is 5.41 Å². The summed E-state index contributed by atoms with van der Waals surface area (Å²) < 4.78 is 0. The van der Waals surface area contributed by atoms with Crippen LogP contribution in [0, 0.1) is 17.3 Å². The molecule has 3 aliphatic rings. The number of hydrogen-bond acceptors (Lipinski definition) is 1. The van der Waals surface area contributed by atoms with Gasteiger partial charge in [-0.25, -0.2) is 0 Å². The van der Waals surface area contributed by atoms with Gasteiger partial charge in [0.25, 0.3) is 0 Å². The van der Waals surface area contributed by atoms with E-state index in [9.17, 15) is 5.11 Å². The number of aliphatic hydroxyl groups is 1. The van der Waals surface area contributed by atoms with Gasteiger partial charge in [0.15, 0.2) is 0 Å². The van der Waals surface area contributed by atoms with Crippen LogP contribution in [0.1, 0.15) is 32.6 Å². The van der Waals surface area contributed by atoms with Crippen LogP contribution in [0.5, 0.6) is 0 Å². The Bertz CT molecular complexity index is 193. The maximum Gasteiger partial charge on any atom is 0.0686 e. The van der Waals surface area contributed by atoms with E-state index < -0.39 is 0 Å². The first-order valence-corrected chi connectivity index (χ1v) is 4.38. The van der Waals surface area contributed by atoms with Crippen molar-refractivity contribution in [2.45, 2.75) is 38.2 Å². The quantitative estimate of drug-likeness (QED) is 0.538. The van der Waals surface area contributed by atoms with Gasteiger partial charge in [-0.3, -0.25) is 0 Å². The Morgan fingerprint density at radius 1 is 1.50 bits per heavy atom. The van der Waals surface area contributed by atoms with Gasteiger partial charge >= 0.3 is 0 Å². The minimum absolute atomic E-state index is 0.261. The summed E-state index contributed by atoms with van der Waals surface area (Å²) in [5, 5.41) is 9.78. The van der Waals surface area contributed by atoms with Gasteiger partial charge in [-0.15, -0.1) is 0 Å². The maximum absolute atomic E-state index is 9.78. The second-order valence-electron chi connectivity index (χ2n) is 4.75. The summed E-state index contributed by atoms with van der Waals surface area (Å²) in [6, 6.07) is 0. The van der Waals surface area contributed by atoms with Crippen molar-refractivity contribution in [3.05, 3.63) is 0 Å². The van der Waals surface area contributed by atoms with Gasteiger partial charge in [-0.2, -0.15) is 0 Å². The fourth-order valence-electron chi connectivity index (χ4n) is 3.33. The molecule has 10 heavy (non-hydrogen) atoms. The molecule has 0 aromatic heterocycles. The first-order valence-electron chi connectivity index (χ1n) is 4.38. The molecule has 0 radical (unpaired) electrons. The maximum atomic E-state index is 9.78. The summed E-state index contributed by atoms with van der Waals surface area (Å²) >= 11 is 0. The Morgan fingerprint density at radius 3 is 2.40 bits per heavy atom. The van der Waals surface area contributed by atoms with E-state index in [-0.39, 0.29) is 5.60 Å². The highest BCUT2D eigenvalue weighted by molar-refractivity contribution is 5.24. The molecule has 0 bridgehead atoms. The highest BCUT2D eigenvalue weighted by Crippen LogP contribution is 2.77. The fraction of sp³-hybridized carbons (Fsp3) is 1.00. The Morgan fingerprint density at radius 2 is 2.20 bits per heavy atom. The second kappa shape index (κ2) is 1.18. The summed E-state index contributed by atoms with van der Waals surface area (Å²) in [4.78, 5) is 0. The average molecular weight is 138 g/mol. The molecule has 4 atom stereocenters. The highest BCUT2D eigenvalue weighted by atomic mass is 16.3. The van der Waals surface area contributed by atoms with Crippen LogP contribution in [0.2, 0.25) is 0 Å². The van der Waals surface area contributed by atoms with Crippen LogP contribution < -0.4 is 0 Å². The van der Waals surface area contributed by atoms with Crippen LogP contribution in [-0.2, 0) is 0 Å². The molecule has 0 amide bonds. The van der Waals surface area contributed by atoms with Crippen molar-refractivity contribution in [3.8, 4) is 0 Å². The lowest BCUT2D eigenvalue weighted by atomic mass is 9.96. The molecule has 3 rings (SSSR count). The predicted octanol–water partition coefficient (Wildman–Crippen LogP) is 1.56. The van der Waals surface area contributed by atoms with Crippen molar-refractivity contribution in [2.75, 3.05) is 0 Å². The molecular weight excluding hydrogens is 124 g/mol. The lowest BCUT2D eigenvalue weighted by Gasteiger charge is -2.13. The first kappa shape index (κ1) is 5.59. The zero-order valence-electron chi connectivity index (χ0n) is 6.43. The van der Waals surface area contributed by atoms with Crippen molar-refractivity contribution in [1.29, 1.82) is 0 Å². The van der Waals surface area contributed by atoms with E-state index in [0.29, 0.717) is 5.41 Å². The smallest absolute Gasteiger partial charge is 0.0686 e. The molecule has 4 unspecified atom stereocenters. The van der Waals surface area contributed by atoms with E-state index in [2.05, 4.69) is 0 Å². The van der Waals surface area contributed by atoms with E-state index in [1.807, 2.05) is 6.92 Å². The Hall–Kier alpha value is -0.0400. The summed E-state index contributed by atoms with van der Waals surface area (Å²) in [6.45, 7) is 2.02. The monoisotopic (exact) mass is 138 g/mol. The zero-order valence-corrected chi connectivity index (χ0v) is 6.43. The van der Waals surface area contributed by atoms with E-state index in [1.54, 1.807) is 0 Å². The minimum atomic E-state index is -0.261. The van der Waals surface area contributed by atoms with Gasteiger partial charge in [0.1, 0.15) is 0 Å². The van der Waals surface area contributed by atoms with Crippen molar-refractivity contribution < 1.29 is 5.11 Å². The lowest BCUT2D eigenvalue weighted by Crippen LogP contribution is -2.15. The van der Waals surface area contributed by atoms with Crippen LogP contribution in [0.4, 0.5) is 0 Å². The highest BCUT2D eigenvalue weighted by Gasteiger charge is 2.75. The van der Waals surface area contributed by atoms with Gasteiger partial charge < -0.3 is 5.11 Å². The molecule has 0 aliphatic heterocycles. The molecule has 0 heterocycles. The molecule has 0 aromatic rings. The largest absolute Gasteiger partial charge is 0.390 e. The topological polar surface area (TPSA) is 20.2 Å². The van der Waals surface area contributed by atoms with Crippen molar-refractivity contribution in [3.63, 3.8) is 0 Å². The van der Waals surface area contributed by atoms with E-state index in [1.165, 1.54) is 19.3 Å². The second-order valence-corrected chi connectivity index (χ2v) is 4.75. The normalized spacial score (nSPS) is 70.2.